The zero-order valence-electron chi connectivity index (χ0n) is 12.8. The minimum absolute atomic E-state index is 0.122. The van der Waals surface area contributed by atoms with Gasteiger partial charge in [0.15, 0.2) is 5.82 Å². The minimum atomic E-state index is -4.61. The Hall–Kier alpha value is -2.83. The Morgan fingerprint density at radius 2 is 1.67 bits per heavy atom. The molecule has 0 amide bonds. The molecule has 7 heteroatoms. The van der Waals surface area contributed by atoms with Crippen molar-refractivity contribution in [1.29, 1.82) is 0 Å². The van der Waals surface area contributed by atoms with Crippen LogP contribution >= 0.6 is 0 Å². The van der Waals surface area contributed by atoms with Crippen molar-refractivity contribution in [2.24, 2.45) is 0 Å². The van der Waals surface area contributed by atoms with Gasteiger partial charge in [-0.15, -0.1) is 5.10 Å². The number of hydrogen-bond acceptors (Lipinski definition) is 3. The molecule has 4 nitrogen and oxygen atoms in total. The molecule has 0 bridgehead atoms. The maximum atomic E-state index is 13.0. The van der Waals surface area contributed by atoms with E-state index in [1.165, 1.54) is 4.68 Å². The van der Waals surface area contributed by atoms with Gasteiger partial charge in [-0.1, -0.05) is 18.2 Å². The lowest BCUT2D eigenvalue weighted by Crippen LogP contribution is -2.08. The molecule has 0 N–H and O–H groups in total. The van der Waals surface area contributed by atoms with E-state index >= 15 is 0 Å². The van der Waals surface area contributed by atoms with Gasteiger partial charge < -0.3 is 4.74 Å². The first-order valence-electron chi connectivity index (χ1n) is 7.32. The smallest absolute Gasteiger partial charge is 0.453 e. The lowest BCUT2D eigenvalue weighted by atomic mass is 10.2. The summed E-state index contributed by atoms with van der Waals surface area (Å²) in [5, 5.41) is 3.64. The highest BCUT2D eigenvalue weighted by atomic mass is 19.4. The first-order valence-corrected chi connectivity index (χ1v) is 7.32. The molecule has 0 spiro atoms. The molecule has 0 saturated carbocycles. The van der Waals surface area contributed by atoms with Crippen molar-refractivity contribution in [1.82, 2.24) is 14.8 Å². The van der Waals surface area contributed by atoms with E-state index in [2.05, 4.69) is 10.1 Å². The Labute approximate surface area is 136 Å². The van der Waals surface area contributed by atoms with Gasteiger partial charge in [0.1, 0.15) is 5.75 Å². The highest BCUT2D eigenvalue weighted by molar-refractivity contribution is 5.59. The van der Waals surface area contributed by atoms with Crippen LogP contribution in [0, 0.1) is 0 Å². The number of rotatable bonds is 4. The molecule has 3 rings (SSSR count). The zero-order chi connectivity index (χ0) is 17.2. The molecule has 2 aromatic carbocycles. The summed E-state index contributed by atoms with van der Waals surface area (Å²) in [5.41, 5.74) is 1.02. The maximum Gasteiger partial charge on any atom is 0.453 e. The summed E-state index contributed by atoms with van der Waals surface area (Å²) in [6.45, 7) is 2.37. The lowest BCUT2D eigenvalue weighted by Gasteiger charge is -2.07. The van der Waals surface area contributed by atoms with Crippen molar-refractivity contribution in [3.63, 3.8) is 0 Å². The number of benzene rings is 2. The third-order valence-corrected chi connectivity index (χ3v) is 3.28. The van der Waals surface area contributed by atoms with E-state index in [0.717, 1.165) is 0 Å². The van der Waals surface area contributed by atoms with Crippen LogP contribution in [0.15, 0.2) is 54.6 Å². The fourth-order valence-electron chi connectivity index (χ4n) is 2.24. The van der Waals surface area contributed by atoms with E-state index < -0.39 is 12.0 Å². The Kier molecular flexibility index (Phi) is 4.24. The van der Waals surface area contributed by atoms with Crippen LogP contribution in [-0.2, 0) is 6.18 Å². The Morgan fingerprint density at radius 1 is 1.00 bits per heavy atom. The highest BCUT2D eigenvalue weighted by Gasteiger charge is 2.37. The van der Waals surface area contributed by atoms with Gasteiger partial charge in [0.25, 0.3) is 5.82 Å². The molecule has 1 heterocycles. The van der Waals surface area contributed by atoms with Crippen LogP contribution in [0.25, 0.3) is 17.1 Å². The number of aromatic nitrogens is 3. The predicted molar refractivity (Wildman–Crippen MR) is 83.0 cm³/mol. The molecule has 0 aliphatic heterocycles. The SMILES string of the molecule is CCOc1ccc(-c2nc(C(F)(F)F)nn2-c2ccccc2)cc1. The summed E-state index contributed by atoms with van der Waals surface area (Å²) in [4.78, 5) is 3.69. The van der Waals surface area contributed by atoms with Crippen LogP contribution in [0.2, 0.25) is 0 Å². The molecule has 0 saturated heterocycles. The van der Waals surface area contributed by atoms with Crippen molar-refractivity contribution < 1.29 is 17.9 Å². The number of para-hydroxylation sites is 1. The fraction of sp³-hybridized carbons (Fsp3) is 0.176. The normalized spacial score (nSPS) is 11.5. The Balaban J connectivity index is 2.10. The van der Waals surface area contributed by atoms with Gasteiger partial charge in [-0.25, -0.2) is 9.67 Å². The van der Waals surface area contributed by atoms with E-state index in [9.17, 15) is 13.2 Å². The largest absolute Gasteiger partial charge is 0.494 e. The first kappa shape index (κ1) is 16.0. The highest BCUT2D eigenvalue weighted by Crippen LogP contribution is 2.30. The summed E-state index contributed by atoms with van der Waals surface area (Å²) in [6, 6.07) is 15.3. The number of nitrogens with zero attached hydrogens (tertiary/aromatic N) is 3. The number of alkyl halides is 3. The van der Waals surface area contributed by atoms with Gasteiger partial charge in [0.2, 0.25) is 0 Å². The van der Waals surface area contributed by atoms with Gasteiger partial charge >= 0.3 is 6.18 Å². The molecule has 1 aromatic heterocycles. The van der Waals surface area contributed by atoms with Crippen LogP contribution in [-0.4, -0.2) is 21.4 Å². The molecule has 0 atom stereocenters. The molecule has 24 heavy (non-hydrogen) atoms. The molecular weight excluding hydrogens is 319 g/mol. The van der Waals surface area contributed by atoms with E-state index in [1.807, 2.05) is 6.92 Å². The van der Waals surface area contributed by atoms with Crippen LogP contribution < -0.4 is 4.74 Å². The molecule has 0 radical (unpaired) electrons. The average Bonchev–Trinajstić information content (AvgIpc) is 3.02. The van der Waals surface area contributed by atoms with Crippen molar-refractivity contribution >= 4 is 0 Å². The second-order valence-corrected chi connectivity index (χ2v) is 4.96. The van der Waals surface area contributed by atoms with Crippen LogP contribution in [0.1, 0.15) is 12.7 Å². The van der Waals surface area contributed by atoms with E-state index in [4.69, 9.17) is 4.74 Å². The number of ether oxygens (including phenoxy) is 1. The van der Waals surface area contributed by atoms with Crippen molar-refractivity contribution in [3.8, 4) is 22.8 Å². The minimum Gasteiger partial charge on any atom is -0.494 e. The first-order chi connectivity index (χ1) is 11.5. The van der Waals surface area contributed by atoms with Crippen molar-refractivity contribution in [3.05, 3.63) is 60.4 Å². The lowest BCUT2D eigenvalue weighted by molar-refractivity contribution is -0.144. The van der Waals surface area contributed by atoms with Gasteiger partial charge in [-0.3, -0.25) is 0 Å². The summed E-state index contributed by atoms with van der Waals surface area (Å²) in [7, 11) is 0. The molecule has 0 fully saturated rings. The summed E-state index contributed by atoms with van der Waals surface area (Å²) in [5.74, 6) is -0.408. The second kappa shape index (κ2) is 6.35. The fourth-order valence-corrected chi connectivity index (χ4v) is 2.24. The predicted octanol–water partition coefficient (Wildman–Crippen LogP) is 4.35. The topological polar surface area (TPSA) is 39.9 Å². The third-order valence-electron chi connectivity index (χ3n) is 3.28. The van der Waals surface area contributed by atoms with Gasteiger partial charge in [-0.2, -0.15) is 13.2 Å². The van der Waals surface area contributed by atoms with Crippen LogP contribution in [0.5, 0.6) is 5.75 Å². The standard InChI is InChI=1S/C17H14F3N3O/c1-2-24-14-10-8-12(9-11-14)15-21-16(17(18,19)20)22-23(15)13-6-4-3-5-7-13/h3-11H,2H2,1H3. The van der Waals surface area contributed by atoms with Gasteiger partial charge in [0.05, 0.1) is 12.3 Å². The van der Waals surface area contributed by atoms with Gasteiger partial charge in [0, 0.05) is 5.56 Å². The molecular formula is C17H14F3N3O. The monoisotopic (exact) mass is 333 g/mol. The summed E-state index contributed by atoms with van der Waals surface area (Å²) >= 11 is 0. The van der Waals surface area contributed by atoms with E-state index in [-0.39, 0.29) is 5.82 Å². The van der Waals surface area contributed by atoms with Gasteiger partial charge in [-0.05, 0) is 43.3 Å². The Bertz CT molecular complexity index is 811. The molecule has 0 unspecified atom stereocenters. The molecule has 0 aliphatic carbocycles. The van der Waals surface area contributed by atoms with E-state index in [0.29, 0.717) is 23.6 Å². The molecule has 3 aromatic rings. The summed E-state index contributed by atoms with van der Waals surface area (Å²) in [6.07, 6.45) is -4.61. The molecule has 0 aliphatic rings. The maximum absolute atomic E-state index is 13.0. The average molecular weight is 333 g/mol. The zero-order valence-corrected chi connectivity index (χ0v) is 12.8. The third kappa shape index (κ3) is 3.24. The Morgan fingerprint density at radius 3 is 2.25 bits per heavy atom. The number of halogens is 3. The number of hydrogen-bond donors (Lipinski definition) is 0. The van der Waals surface area contributed by atoms with Crippen molar-refractivity contribution in [2.75, 3.05) is 6.61 Å². The summed E-state index contributed by atoms with van der Waals surface area (Å²) < 4.78 is 45.6. The van der Waals surface area contributed by atoms with Crippen molar-refractivity contribution in [2.45, 2.75) is 13.1 Å². The van der Waals surface area contributed by atoms with Crippen LogP contribution in [0.4, 0.5) is 13.2 Å². The second-order valence-electron chi connectivity index (χ2n) is 4.96. The molecule has 124 valence electrons. The van der Waals surface area contributed by atoms with Crippen LogP contribution in [0.3, 0.4) is 0 Å². The quantitative estimate of drug-likeness (QED) is 0.712. The van der Waals surface area contributed by atoms with E-state index in [1.54, 1.807) is 54.6 Å².